The number of rotatable bonds is 6. The molecule has 0 atom stereocenters. The van der Waals surface area contributed by atoms with Crippen molar-refractivity contribution in [1.29, 1.82) is 0 Å². The zero-order chi connectivity index (χ0) is 11.9. The molecule has 0 aliphatic carbocycles. The van der Waals surface area contributed by atoms with Crippen molar-refractivity contribution in [3.8, 4) is 0 Å². The van der Waals surface area contributed by atoms with Crippen LogP contribution in [-0.4, -0.2) is 49.4 Å². The minimum Gasteiger partial charge on any atom is -0.449 e. The average molecular weight is 238 g/mol. The molecule has 0 saturated carbocycles. The van der Waals surface area contributed by atoms with E-state index in [1.54, 1.807) is 0 Å². The lowest BCUT2D eigenvalue weighted by atomic mass is 10.8. The SMILES string of the molecule is CS(C)(CCOC(N)=O)CCOC(N)=O. The van der Waals surface area contributed by atoms with Gasteiger partial charge in [0.1, 0.15) is 13.2 Å². The largest absolute Gasteiger partial charge is 0.449 e. The van der Waals surface area contributed by atoms with Crippen molar-refractivity contribution in [1.82, 2.24) is 0 Å². The molecule has 4 N–H and O–H groups in total. The lowest BCUT2D eigenvalue weighted by molar-refractivity contribution is 0.163. The van der Waals surface area contributed by atoms with Gasteiger partial charge in [-0.3, -0.25) is 0 Å². The molecule has 0 aromatic carbocycles. The molecule has 0 fully saturated rings. The number of carbonyl (C=O) groups is 2. The van der Waals surface area contributed by atoms with Crippen LogP contribution in [0.4, 0.5) is 9.59 Å². The van der Waals surface area contributed by atoms with Crippen LogP contribution in [-0.2, 0) is 9.47 Å². The summed E-state index contributed by atoms with van der Waals surface area (Å²) in [5.41, 5.74) is 9.65. The molecule has 0 radical (unpaired) electrons. The maximum Gasteiger partial charge on any atom is 0.404 e. The summed E-state index contributed by atoms with van der Waals surface area (Å²) in [5, 5.41) is 0. The monoisotopic (exact) mass is 238 g/mol. The zero-order valence-electron chi connectivity index (χ0n) is 9.02. The van der Waals surface area contributed by atoms with E-state index >= 15 is 0 Å². The fraction of sp³-hybridized carbons (Fsp3) is 0.750. The highest BCUT2D eigenvalue weighted by Crippen LogP contribution is 2.38. The Labute approximate surface area is 90.6 Å². The predicted molar refractivity (Wildman–Crippen MR) is 60.2 cm³/mol. The van der Waals surface area contributed by atoms with Crippen molar-refractivity contribution in [3.05, 3.63) is 0 Å². The molecule has 15 heavy (non-hydrogen) atoms. The van der Waals surface area contributed by atoms with Crippen LogP contribution in [0.5, 0.6) is 0 Å². The Morgan fingerprint density at radius 1 is 1.00 bits per heavy atom. The number of ether oxygens (including phenoxy) is 2. The first-order chi connectivity index (χ1) is 6.83. The van der Waals surface area contributed by atoms with Gasteiger partial charge in [-0.25, -0.2) is 19.6 Å². The summed E-state index contributed by atoms with van der Waals surface area (Å²) < 4.78 is 9.26. The molecule has 6 nitrogen and oxygen atoms in total. The Morgan fingerprint density at radius 3 is 1.60 bits per heavy atom. The van der Waals surface area contributed by atoms with E-state index in [-0.39, 0.29) is 0 Å². The normalized spacial score (nSPS) is 11.9. The molecular weight excluding hydrogens is 220 g/mol. The highest BCUT2D eigenvalue weighted by molar-refractivity contribution is 8.32. The number of hydrogen-bond donors (Lipinski definition) is 2. The van der Waals surface area contributed by atoms with Gasteiger partial charge >= 0.3 is 12.2 Å². The van der Waals surface area contributed by atoms with Crippen LogP contribution < -0.4 is 11.5 Å². The second-order valence-electron chi connectivity index (χ2n) is 3.51. The van der Waals surface area contributed by atoms with Crippen molar-refractivity contribution in [2.24, 2.45) is 11.5 Å². The van der Waals surface area contributed by atoms with Crippen LogP contribution in [0.1, 0.15) is 0 Å². The van der Waals surface area contributed by atoms with Gasteiger partial charge in [0.2, 0.25) is 0 Å². The second-order valence-corrected chi connectivity index (χ2v) is 7.86. The van der Waals surface area contributed by atoms with E-state index in [4.69, 9.17) is 11.5 Å². The van der Waals surface area contributed by atoms with Crippen molar-refractivity contribution < 1.29 is 19.1 Å². The molecule has 0 saturated heterocycles. The average Bonchev–Trinajstić information content (AvgIpc) is 2.01. The maximum atomic E-state index is 10.3. The molecule has 0 rings (SSSR count). The highest BCUT2D eigenvalue weighted by atomic mass is 32.3. The third-order valence-corrected chi connectivity index (χ3v) is 4.30. The van der Waals surface area contributed by atoms with Gasteiger partial charge in [-0.15, -0.1) is 0 Å². The molecule has 0 aromatic heterocycles. The fourth-order valence-electron chi connectivity index (χ4n) is 0.838. The van der Waals surface area contributed by atoms with Gasteiger partial charge in [0, 0.05) is 11.5 Å². The van der Waals surface area contributed by atoms with Crippen molar-refractivity contribution in [2.45, 2.75) is 0 Å². The molecule has 0 spiro atoms. The van der Waals surface area contributed by atoms with Crippen LogP contribution in [0.3, 0.4) is 0 Å². The first-order valence-corrected chi connectivity index (χ1v) is 7.15. The molecule has 0 aliphatic heterocycles. The smallest absolute Gasteiger partial charge is 0.404 e. The van der Waals surface area contributed by atoms with E-state index in [0.717, 1.165) is 11.5 Å². The Bertz CT molecular complexity index is 211. The number of amides is 2. The minimum atomic E-state index is -0.938. The standard InChI is InChI=1S/C8H18N2O4S/c1-15(2,5-3-13-7(9)11)6-4-14-8(10)12/h3-6H2,1-2H3,(H2,9,11)(H2,10,12). The molecule has 0 aromatic rings. The summed E-state index contributed by atoms with van der Waals surface area (Å²) in [4.78, 5) is 20.6. The summed E-state index contributed by atoms with van der Waals surface area (Å²) >= 11 is 0. The van der Waals surface area contributed by atoms with Gasteiger partial charge in [-0.2, -0.15) is 0 Å². The molecular formula is C8H18N2O4S. The van der Waals surface area contributed by atoms with E-state index in [2.05, 4.69) is 22.0 Å². The van der Waals surface area contributed by atoms with Gasteiger partial charge in [0.25, 0.3) is 0 Å². The first kappa shape index (κ1) is 13.9. The van der Waals surface area contributed by atoms with E-state index in [1.807, 2.05) is 0 Å². The first-order valence-electron chi connectivity index (χ1n) is 4.37. The summed E-state index contributed by atoms with van der Waals surface area (Å²) in [5.74, 6) is 1.47. The van der Waals surface area contributed by atoms with Crippen LogP contribution in [0.15, 0.2) is 0 Å². The topological polar surface area (TPSA) is 105 Å². The Kier molecular flexibility index (Phi) is 5.92. The minimum absolute atomic E-state index is 0.300. The summed E-state index contributed by atoms with van der Waals surface area (Å²) in [6.45, 7) is 0.600. The Balaban J connectivity index is 3.66. The summed E-state index contributed by atoms with van der Waals surface area (Å²) in [6.07, 6.45) is 2.58. The molecule has 2 amide bonds. The molecule has 90 valence electrons. The molecule has 0 unspecified atom stereocenters. The van der Waals surface area contributed by atoms with Crippen molar-refractivity contribution >= 4 is 22.2 Å². The highest BCUT2D eigenvalue weighted by Gasteiger charge is 2.13. The number of primary amides is 2. The van der Waals surface area contributed by atoms with Gasteiger partial charge in [0.15, 0.2) is 0 Å². The summed E-state index contributed by atoms with van der Waals surface area (Å²) in [6, 6.07) is 0. The number of hydrogen-bond acceptors (Lipinski definition) is 4. The zero-order valence-corrected chi connectivity index (χ0v) is 9.84. The van der Waals surface area contributed by atoms with E-state index in [0.29, 0.717) is 13.2 Å². The second kappa shape index (κ2) is 6.39. The Hall–Kier alpha value is -1.11. The quantitative estimate of drug-likeness (QED) is 0.691. The van der Waals surface area contributed by atoms with Gasteiger partial charge in [0.05, 0.1) is 0 Å². The van der Waals surface area contributed by atoms with E-state index < -0.39 is 22.2 Å². The molecule has 0 aliphatic rings. The number of carbonyl (C=O) groups excluding carboxylic acids is 2. The maximum absolute atomic E-state index is 10.3. The third kappa shape index (κ3) is 9.20. The lowest BCUT2D eigenvalue weighted by Gasteiger charge is -2.30. The molecule has 0 heterocycles. The predicted octanol–water partition coefficient (Wildman–Crippen LogP) is 0.241. The fourth-order valence-corrected chi connectivity index (χ4v) is 2.11. The molecule has 7 heteroatoms. The number of nitrogens with two attached hydrogens (primary N) is 2. The third-order valence-electron chi connectivity index (χ3n) is 1.76. The van der Waals surface area contributed by atoms with Crippen LogP contribution in [0.25, 0.3) is 0 Å². The van der Waals surface area contributed by atoms with Crippen LogP contribution in [0.2, 0.25) is 0 Å². The van der Waals surface area contributed by atoms with Crippen molar-refractivity contribution in [3.63, 3.8) is 0 Å². The summed E-state index contributed by atoms with van der Waals surface area (Å²) in [7, 11) is -0.938. The lowest BCUT2D eigenvalue weighted by Crippen LogP contribution is -2.21. The Morgan fingerprint density at radius 2 is 1.33 bits per heavy atom. The van der Waals surface area contributed by atoms with E-state index in [1.165, 1.54) is 0 Å². The van der Waals surface area contributed by atoms with Crippen molar-refractivity contribution in [2.75, 3.05) is 37.2 Å². The van der Waals surface area contributed by atoms with Crippen LogP contribution in [0, 0.1) is 0 Å². The van der Waals surface area contributed by atoms with Gasteiger partial charge in [-0.1, -0.05) is 0 Å². The molecule has 0 bridgehead atoms. The van der Waals surface area contributed by atoms with Gasteiger partial charge < -0.3 is 20.9 Å². The van der Waals surface area contributed by atoms with E-state index in [9.17, 15) is 9.59 Å². The van der Waals surface area contributed by atoms with Gasteiger partial charge in [-0.05, 0) is 12.5 Å². The van der Waals surface area contributed by atoms with Crippen LogP contribution >= 0.6 is 10.0 Å².